The molecule has 2 aliphatic rings. The summed E-state index contributed by atoms with van der Waals surface area (Å²) in [5.41, 5.74) is 1.29. The van der Waals surface area contributed by atoms with Gasteiger partial charge in [-0.1, -0.05) is 24.3 Å². The van der Waals surface area contributed by atoms with Crippen LogP contribution in [0.15, 0.2) is 54.3 Å². The van der Waals surface area contributed by atoms with Crippen molar-refractivity contribution in [1.82, 2.24) is 4.90 Å². The summed E-state index contributed by atoms with van der Waals surface area (Å²) in [5.74, 6) is -0.316. The van der Waals surface area contributed by atoms with Gasteiger partial charge in [-0.25, -0.2) is 0 Å². The molecule has 2 aromatic carbocycles. The number of hydrogen-bond donors (Lipinski definition) is 0. The van der Waals surface area contributed by atoms with E-state index in [9.17, 15) is 18.0 Å². The predicted octanol–water partition coefficient (Wildman–Crippen LogP) is 4.28. The molecule has 0 aliphatic carbocycles. The van der Waals surface area contributed by atoms with E-state index in [1.54, 1.807) is 6.08 Å². The van der Waals surface area contributed by atoms with Gasteiger partial charge in [0.1, 0.15) is 6.61 Å². The fourth-order valence-electron chi connectivity index (χ4n) is 3.83. The van der Waals surface area contributed by atoms with E-state index in [-0.39, 0.29) is 37.0 Å². The Hall–Kier alpha value is -2.71. The summed E-state index contributed by atoms with van der Waals surface area (Å²) < 4.78 is 44.9. The van der Waals surface area contributed by atoms with Gasteiger partial charge in [0.2, 0.25) is 0 Å². The van der Waals surface area contributed by atoms with Crippen molar-refractivity contribution in [2.24, 2.45) is 0 Å². The first kappa shape index (κ1) is 23.9. The number of carbonyl (C=O) groups is 1. The molecule has 172 valence electrons. The van der Waals surface area contributed by atoms with Crippen molar-refractivity contribution in [1.29, 1.82) is 0 Å². The Morgan fingerprint density at radius 2 is 1.69 bits per heavy atom. The largest absolute Gasteiger partial charge is 0.486 e. The molecule has 0 N–H and O–H groups in total. The standard InChI is InChI=1S/C23H24F3N3O2.ClH/c1-27-9-11-28(12-10-27)20-8-3-2-5-17(20)15-21-22(30)29(13-14-31-21)19-7-4-6-18(16-19)23(24,25)26;/h2-8,15-16H,9-14H2,1H3;1H. The van der Waals surface area contributed by atoms with Crippen LogP contribution in [0.3, 0.4) is 0 Å². The summed E-state index contributed by atoms with van der Waals surface area (Å²) in [6.07, 6.45) is -2.78. The smallest absolute Gasteiger partial charge is 0.416 e. The lowest BCUT2D eigenvalue weighted by molar-refractivity contribution is -0.137. The van der Waals surface area contributed by atoms with Gasteiger partial charge in [0.25, 0.3) is 5.91 Å². The minimum absolute atomic E-state index is 0. The Bertz CT molecular complexity index is 988. The molecule has 2 fully saturated rings. The summed E-state index contributed by atoms with van der Waals surface area (Å²) in [6.45, 7) is 4.05. The molecule has 5 nitrogen and oxygen atoms in total. The molecular formula is C23H25ClF3N3O2. The summed E-state index contributed by atoms with van der Waals surface area (Å²) in [7, 11) is 2.09. The van der Waals surface area contributed by atoms with Gasteiger partial charge in [-0.15, -0.1) is 12.4 Å². The molecule has 32 heavy (non-hydrogen) atoms. The number of para-hydroxylation sites is 1. The molecule has 0 aromatic heterocycles. The van der Waals surface area contributed by atoms with E-state index in [2.05, 4.69) is 16.8 Å². The van der Waals surface area contributed by atoms with Crippen molar-refractivity contribution in [3.8, 4) is 0 Å². The van der Waals surface area contributed by atoms with Crippen LogP contribution < -0.4 is 9.80 Å². The van der Waals surface area contributed by atoms with Crippen molar-refractivity contribution in [2.75, 3.05) is 56.2 Å². The van der Waals surface area contributed by atoms with Gasteiger partial charge in [0.05, 0.1) is 12.1 Å². The number of hydrogen-bond acceptors (Lipinski definition) is 4. The molecule has 0 atom stereocenters. The number of morpholine rings is 1. The molecule has 0 radical (unpaired) electrons. The second-order valence-corrected chi connectivity index (χ2v) is 7.71. The Morgan fingerprint density at radius 3 is 2.41 bits per heavy atom. The minimum Gasteiger partial charge on any atom is -0.486 e. The topological polar surface area (TPSA) is 36.0 Å². The van der Waals surface area contributed by atoms with E-state index in [0.29, 0.717) is 0 Å². The highest BCUT2D eigenvalue weighted by Crippen LogP contribution is 2.33. The number of alkyl halides is 3. The molecule has 2 heterocycles. The number of amides is 1. The van der Waals surface area contributed by atoms with E-state index >= 15 is 0 Å². The average molecular weight is 468 g/mol. The molecule has 0 saturated carbocycles. The van der Waals surface area contributed by atoms with E-state index in [4.69, 9.17) is 4.74 Å². The molecule has 0 bridgehead atoms. The molecule has 0 unspecified atom stereocenters. The molecule has 1 amide bonds. The Morgan fingerprint density at radius 1 is 0.969 bits per heavy atom. The van der Waals surface area contributed by atoms with Crippen molar-refractivity contribution in [3.63, 3.8) is 0 Å². The van der Waals surface area contributed by atoms with Crippen molar-refractivity contribution < 1.29 is 22.7 Å². The number of rotatable bonds is 3. The maximum Gasteiger partial charge on any atom is 0.416 e. The first-order valence-electron chi connectivity index (χ1n) is 10.2. The SMILES string of the molecule is CN1CCN(c2ccccc2C=C2OCCN(c3cccc(C(F)(F)F)c3)C2=O)CC1.Cl. The number of ether oxygens (including phenoxy) is 1. The maximum absolute atomic E-state index is 13.1. The number of nitrogens with zero attached hydrogens (tertiary/aromatic N) is 3. The van der Waals surface area contributed by atoms with Gasteiger partial charge in [0, 0.05) is 43.1 Å². The van der Waals surface area contributed by atoms with Crippen LogP contribution in [0.4, 0.5) is 24.5 Å². The molecule has 2 aromatic rings. The van der Waals surface area contributed by atoms with Crippen LogP contribution in [-0.4, -0.2) is 57.2 Å². The third kappa shape index (κ3) is 5.19. The van der Waals surface area contributed by atoms with E-state index in [0.717, 1.165) is 49.6 Å². The highest BCUT2D eigenvalue weighted by Gasteiger charge is 2.32. The minimum atomic E-state index is -4.47. The van der Waals surface area contributed by atoms with Crippen LogP contribution >= 0.6 is 12.4 Å². The number of piperazine rings is 1. The van der Waals surface area contributed by atoms with Gasteiger partial charge < -0.3 is 19.4 Å². The van der Waals surface area contributed by atoms with E-state index in [1.165, 1.54) is 17.0 Å². The highest BCUT2D eigenvalue weighted by atomic mass is 35.5. The monoisotopic (exact) mass is 467 g/mol. The lowest BCUT2D eigenvalue weighted by Crippen LogP contribution is -2.44. The molecule has 4 rings (SSSR count). The fourth-order valence-corrected chi connectivity index (χ4v) is 3.83. The van der Waals surface area contributed by atoms with E-state index < -0.39 is 17.6 Å². The first-order valence-corrected chi connectivity index (χ1v) is 10.2. The Kier molecular flexibility index (Phi) is 7.36. The first-order chi connectivity index (χ1) is 14.8. The second-order valence-electron chi connectivity index (χ2n) is 7.71. The van der Waals surface area contributed by atoms with E-state index in [1.807, 2.05) is 24.3 Å². The Balaban J connectivity index is 0.00000289. The van der Waals surface area contributed by atoms with Crippen LogP contribution in [0, 0.1) is 0 Å². The fraction of sp³-hybridized carbons (Fsp3) is 0.348. The lowest BCUT2D eigenvalue weighted by Gasteiger charge is -2.35. The maximum atomic E-state index is 13.1. The number of carbonyl (C=O) groups excluding carboxylic acids is 1. The van der Waals surface area contributed by atoms with Gasteiger partial charge in [-0.2, -0.15) is 13.2 Å². The van der Waals surface area contributed by atoms with Crippen molar-refractivity contribution in [2.45, 2.75) is 6.18 Å². The zero-order valence-electron chi connectivity index (χ0n) is 17.6. The molecule has 9 heteroatoms. The predicted molar refractivity (Wildman–Crippen MR) is 121 cm³/mol. The number of halogens is 4. The highest BCUT2D eigenvalue weighted by molar-refractivity contribution is 6.07. The van der Waals surface area contributed by atoms with Crippen LogP contribution in [0.2, 0.25) is 0 Å². The van der Waals surface area contributed by atoms with Crippen molar-refractivity contribution >= 4 is 35.8 Å². The van der Waals surface area contributed by atoms with Crippen LogP contribution in [0.25, 0.3) is 6.08 Å². The van der Waals surface area contributed by atoms with Crippen LogP contribution in [0.5, 0.6) is 0 Å². The van der Waals surface area contributed by atoms with Gasteiger partial charge in [-0.3, -0.25) is 4.79 Å². The number of likely N-dealkylation sites (N-methyl/N-ethyl adjacent to an activating group) is 1. The second kappa shape index (κ2) is 9.83. The average Bonchev–Trinajstić information content (AvgIpc) is 2.76. The van der Waals surface area contributed by atoms with Gasteiger partial charge >= 0.3 is 6.18 Å². The number of benzene rings is 2. The third-order valence-electron chi connectivity index (χ3n) is 5.58. The normalized spacial score (nSPS) is 19.0. The zero-order valence-corrected chi connectivity index (χ0v) is 18.5. The molecule has 0 spiro atoms. The van der Waals surface area contributed by atoms with Gasteiger partial charge in [-0.05, 0) is 37.4 Å². The quantitative estimate of drug-likeness (QED) is 0.631. The Labute approximate surface area is 191 Å². The van der Waals surface area contributed by atoms with Crippen LogP contribution in [-0.2, 0) is 15.7 Å². The zero-order chi connectivity index (χ0) is 22.0. The number of anilines is 2. The lowest BCUT2D eigenvalue weighted by atomic mass is 10.1. The summed E-state index contributed by atoms with van der Waals surface area (Å²) in [4.78, 5) is 18.9. The third-order valence-corrected chi connectivity index (χ3v) is 5.58. The van der Waals surface area contributed by atoms with Crippen LogP contribution in [0.1, 0.15) is 11.1 Å². The summed E-state index contributed by atoms with van der Waals surface area (Å²) >= 11 is 0. The molecule has 2 aliphatic heterocycles. The summed E-state index contributed by atoms with van der Waals surface area (Å²) in [6, 6.07) is 12.6. The molecular weight excluding hydrogens is 443 g/mol. The molecule has 2 saturated heterocycles. The van der Waals surface area contributed by atoms with Gasteiger partial charge in [0.15, 0.2) is 5.76 Å². The van der Waals surface area contributed by atoms with Crippen molar-refractivity contribution in [3.05, 3.63) is 65.4 Å². The summed E-state index contributed by atoms with van der Waals surface area (Å²) in [5, 5.41) is 0.